The van der Waals surface area contributed by atoms with Gasteiger partial charge in [-0.2, -0.15) is 0 Å². The van der Waals surface area contributed by atoms with E-state index in [-0.39, 0.29) is 50.5 Å². The summed E-state index contributed by atoms with van der Waals surface area (Å²) in [7, 11) is 0. The van der Waals surface area contributed by atoms with Crippen molar-refractivity contribution in [2.75, 3.05) is 13.1 Å². The molecule has 6 amide bonds. The van der Waals surface area contributed by atoms with Crippen LogP contribution in [0.3, 0.4) is 0 Å². The van der Waals surface area contributed by atoms with E-state index >= 15 is 0 Å². The number of carbonyl (C=O) groups is 6. The number of rotatable bonds is 20. The number of alkyl carbamates (subject to hydrolysis) is 2. The zero-order chi connectivity index (χ0) is 45.2. The number of hydrogen-bond donors (Lipinski definition) is 9. The Kier molecular flexibility index (Phi) is 19.8. The number of aryl methyl sites for hydroxylation is 2. The lowest BCUT2D eigenvalue weighted by Gasteiger charge is -2.27. The predicted octanol–water partition coefficient (Wildman–Crippen LogP) is 2.38. The van der Waals surface area contributed by atoms with Crippen LogP contribution >= 0.6 is 0 Å². The van der Waals surface area contributed by atoms with Crippen LogP contribution in [0.5, 0.6) is 5.75 Å². The third-order valence-corrected chi connectivity index (χ3v) is 8.79. The number of nitrogens with one attached hydrogen (secondary N) is 5. The van der Waals surface area contributed by atoms with Crippen LogP contribution in [-0.4, -0.2) is 95.3 Å². The molecule has 18 nitrogen and oxygen atoms in total. The molecular weight excluding hydrogens is 775 g/mol. The lowest BCUT2D eigenvalue weighted by atomic mass is 9.95. The van der Waals surface area contributed by atoms with Gasteiger partial charge in [-0.25, -0.2) is 9.59 Å². The molecule has 0 fully saturated rings. The second kappa shape index (κ2) is 23.6. The Morgan fingerprint density at radius 1 is 0.700 bits per heavy atom. The lowest BCUT2D eigenvalue weighted by molar-refractivity contribution is -0.134. The number of hydrogen-bond acceptors (Lipinski definition) is 11. The molecule has 0 bridgehead atoms. The first-order valence-electron chi connectivity index (χ1n) is 20.0. The molecule has 0 aliphatic carbocycles. The number of ether oxygens (including phenoxy) is 2. The number of imide groups is 1. The first-order chi connectivity index (χ1) is 27.9. The molecule has 2 aromatic carbocycles. The molecule has 4 atom stereocenters. The van der Waals surface area contributed by atoms with Crippen molar-refractivity contribution in [2.45, 2.75) is 136 Å². The van der Waals surface area contributed by atoms with Crippen LogP contribution in [0, 0.1) is 13.8 Å². The van der Waals surface area contributed by atoms with Crippen LogP contribution in [0.15, 0.2) is 47.5 Å². The van der Waals surface area contributed by atoms with Crippen LogP contribution in [0.4, 0.5) is 9.59 Å². The number of phenolic OH excluding ortho intramolecular Hbond substituents is 1. The molecule has 18 heteroatoms. The van der Waals surface area contributed by atoms with Crippen molar-refractivity contribution in [3.63, 3.8) is 0 Å². The highest BCUT2D eigenvalue weighted by atomic mass is 16.6. The molecule has 0 radical (unpaired) electrons. The van der Waals surface area contributed by atoms with Crippen LogP contribution in [0.25, 0.3) is 0 Å². The molecule has 0 saturated heterocycles. The highest BCUT2D eigenvalue weighted by Gasteiger charge is 2.32. The summed E-state index contributed by atoms with van der Waals surface area (Å²) in [5, 5.41) is 23.3. The van der Waals surface area contributed by atoms with E-state index in [1.54, 1.807) is 85.7 Å². The van der Waals surface area contributed by atoms with Gasteiger partial charge in [0.05, 0.1) is 6.04 Å². The van der Waals surface area contributed by atoms with Gasteiger partial charge in [0, 0.05) is 25.9 Å². The summed E-state index contributed by atoms with van der Waals surface area (Å²) in [6.45, 7) is 14.1. The fourth-order valence-electron chi connectivity index (χ4n) is 5.98. The zero-order valence-electron chi connectivity index (χ0n) is 36.1. The van der Waals surface area contributed by atoms with E-state index in [0.717, 1.165) is 0 Å². The number of phenols is 1. The van der Waals surface area contributed by atoms with E-state index in [0.29, 0.717) is 41.5 Å². The summed E-state index contributed by atoms with van der Waals surface area (Å²) < 4.78 is 10.6. The fourth-order valence-corrected chi connectivity index (χ4v) is 5.98. The van der Waals surface area contributed by atoms with E-state index in [4.69, 9.17) is 26.7 Å². The Morgan fingerprint density at radius 2 is 1.23 bits per heavy atom. The Balaban J connectivity index is 2.45. The molecule has 60 heavy (non-hydrogen) atoms. The molecule has 0 aliphatic heterocycles. The van der Waals surface area contributed by atoms with Crippen molar-refractivity contribution in [2.24, 2.45) is 22.2 Å². The second-order valence-electron chi connectivity index (χ2n) is 16.6. The quantitative estimate of drug-likeness (QED) is 0.0528. The predicted molar refractivity (Wildman–Crippen MR) is 228 cm³/mol. The minimum atomic E-state index is -1.28. The summed E-state index contributed by atoms with van der Waals surface area (Å²) in [4.78, 5) is 84.2. The van der Waals surface area contributed by atoms with E-state index in [9.17, 15) is 33.9 Å². The standard InChI is InChI=1S/C42H65N9O9/c1-25-21-28(52)22-26(2)29(25)24-33(49-34(53)30(43)17-14-20-46-38(44)45)36(55)48-31(18-12-13-19-47-39(57)59-41(3,4)5)35(54)50-32(23-27-15-10-9-11-16-27)37(56)51-40(58)60-42(6,7)8/h9-11,15-16,21-22,30-33,52H,12-14,17-20,23-24,43H2,1-8H3,(H,47,57)(H,48,55)(H,49,53)(H,50,54)(H4,44,45,46)(H,51,56,58)/t30-,31+,32+,33+/m1/s1. The summed E-state index contributed by atoms with van der Waals surface area (Å²) >= 11 is 0. The lowest BCUT2D eigenvalue weighted by Crippen LogP contribution is -2.58. The maximum Gasteiger partial charge on any atom is 0.414 e. The normalized spacial score (nSPS) is 13.3. The maximum atomic E-state index is 14.3. The number of nitrogens with zero attached hydrogens (tertiary/aromatic N) is 1. The van der Waals surface area contributed by atoms with E-state index < -0.39 is 71.2 Å². The maximum absolute atomic E-state index is 14.3. The summed E-state index contributed by atoms with van der Waals surface area (Å²) in [5.74, 6) is -3.03. The van der Waals surface area contributed by atoms with E-state index in [1.165, 1.54) is 12.1 Å². The highest BCUT2D eigenvalue weighted by Crippen LogP contribution is 2.22. The van der Waals surface area contributed by atoms with Gasteiger partial charge in [0.2, 0.25) is 17.7 Å². The largest absolute Gasteiger partial charge is 0.508 e. The third kappa shape index (κ3) is 19.7. The van der Waals surface area contributed by atoms with Crippen molar-refractivity contribution >= 4 is 41.8 Å². The number of amides is 6. The van der Waals surface area contributed by atoms with Crippen LogP contribution in [-0.2, 0) is 41.5 Å². The van der Waals surface area contributed by atoms with Crippen molar-refractivity contribution in [3.8, 4) is 5.75 Å². The molecule has 2 aromatic rings. The highest BCUT2D eigenvalue weighted by molar-refractivity contribution is 5.98. The van der Waals surface area contributed by atoms with Crippen molar-refractivity contribution < 1.29 is 43.3 Å². The molecule has 0 spiro atoms. The van der Waals surface area contributed by atoms with Gasteiger partial charge in [0.25, 0.3) is 5.91 Å². The first-order valence-corrected chi connectivity index (χ1v) is 20.0. The zero-order valence-corrected chi connectivity index (χ0v) is 36.1. The molecular formula is C42H65N9O9. The van der Waals surface area contributed by atoms with Crippen molar-refractivity contribution in [1.82, 2.24) is 26.6 Å². The van der Waals surface area contributed by atoms with Crippen LogP contribution < -0.4 is 43.8 Å². The number of nitrogens with two attached hydrogens (primary N) is 3. The van der Waals surface area contributed by atoms with Gasteiger partial charge in [-0.3, -0.25) is 29.5 Å². The molecule has 0 unspecified atom stereocenters. The fraction of sp³-hybridized carbons (Fsp3) is 0.548. The number of carbonyl (C=O) groups excluding carboxylic acids is 6. The topological polar surface area (TPSA) is 292 Å². The van der Waals surface area contributed by atoms with Crippen LogP contribution in [0.1, 0.15) is 95.9 Å². The monoisotopic (exact) mass is 839 g/mol. The minimum absolute atomic E-state index is 0.0130. The van der Waals surface area contributed by atoms with Crippen molar-refractivity contribution in [1.29, 1.82) is 0 Å². The Bertz CT molecular complexity index is 1780. The van der Waals surface area contributed by atoms with Gasteiger partial charge in [-0.05, 0) is 122 Å². The molecule has 0 heterocycles. The second-order valence-corrected chi connectivity index (χ2v) is 16.6. The molecule has 0 saturated carbocycles. The summed E-state index contributed by atoms with van der Waals surface area (Å²) in [6, 6.07) is 7.06. The first kappa shape index (κ1) is 50.2. The van der Waals surface area contributed by atoms with Gasteiger partial charge < -0.3 is 53.0 Å². The number of aromatic hydroxyl groups is 1. The van der Waals surface area contributed by atoms with E-state index in [1.807, 2.05) is 0 Å². The van der Waals surface area contributed by atoms with Gasteiger partial charge in [0.1, 0.15) is 35.1 Å². The van der Waals surface area contributed by atoms with Gasteiger partial charge in [-0.1, -0.05) is 30.3 Å². The molecule has 332 valence electrons. The van der Waals surface area contributed by atoms with Gasteiger partial charge >= 0.3 is 12.2 Å². The Hall–Kier alpha value is -5.91. The summed E-state index contributed by atoms with van der Waals surface area (Å²) in [5.41, 5.74) is 18.1. The van der Waals surface area contributed by atoms with Crippen LogP contribution in [0.2, 0.25) is 0 Å². The SMILES string of the molecule is Cc1cc(O)cc(C)c1C[C@H](NC(=O)[C@H](N)CCCN=C(N)N)C(=O)N[C@@H](CCCCNC(=O)OC(C)(C)C)C(=O)N[C@@H](Cc1ccccc1)C(=O)NC(=O)OC(C)(C)C. The average Bonchev–Trinajstić information content (AvgIpc) is 3.11. The third-order valence-electron chi connectivity index (χ3n) is 8.79. The smallest absolute Gasteiger partial charge is 0.414 e. The van der Waals surface area contributed by atoms with Gasteiger partial charge in [0.15, 0.2) is 5.96 Å². The number of benzene rings is 2. The number of guanidine groups is 1. The average molecular weight is 840 g/mol. The van der Waals surface area contributed by atoms with Gasteiger partial charge in [-0.15, -0.1) is 0 Å². The summed E-state index contributed by atoms with van der Waals surface area (Å²) in [6.07, 6.45) is -0.336. The molecule has 0 aliphatic rings. The molecule has 0 aromatic heterocycles. The van der Waals surface area contributed by atoms with E-state index in [2.05, 4.69) is 31.6 Å². The molecule has 12 N–H and O–H groups in total. The Morgan fingerprint density at radius 3 is 1.82 bits per heavy atom. The number of aliphatic imine (C=N–C) groups is 1. The van der Waals surface area contributed by atoms with Crippen molar-refractivity contribution in [3.05, 3.63) is 64.7 Å². The Labute approximate surface area is 352 Å². The molecule has 2 rings (SSSR count). The number of unbranched alkanes of at least 4 members (excludes halogenated alkanes) is 1. The minimum Gasteiger partial charge on any atom is -0.508 e.